The number of phenols is 1. The minimum Gasteiger partial charge on any atom is -0.507 e. The van der Waals surface area contributed by atoms with Crippen molar-refractivity contribution in [3.05, 3.63) is 93.5 Å². The number of nitrogens with one attached hydrogen (secondary N) is 2. The molecule has 0 bridgehead atoms. The molecule has 0 spiro atoms. The Hall–Kier alpha value is -3.45. The molecule has 0 heterocycles. The van der Waals surface area contributed by atoms with Crippen LogP contribution in [0.25, 0.3) is 0 Å². The third-order valence-electron chi connectivity index (χ3n) is 4.15. The maximum absolute atomic E-state index is 12.3. The first kappa shape index (κ1) is 20.3. The minimum atomic E-state index is -0.379. The molecule has 0 aliphatic carbocycles. The van der Waals surface area contributed by atoms with E-state index in [1.54, 1.807) is 42.5 Å². The number of aryl methyl sites for hydroxylation is 1. The van der Waals surface area contributed by atoms with Crippen LogP contribution in [0.4, 0.5) is 5.69 Å². The van der Waals surface area contributed by atoms with E-state index in [1.165, 1.54) is 12.3 Å². The summed E-state index contributed by atoms with van der Waals surface area (Å²) in [7, 11) is 0. The monoisotopic (exact) mass is 451 g/mol. The van der Waals surface area contributed by atoms with Gasteiger partial charge in [0, 0.05) is 16.8 Å². The van der Waals surface area contributed by atoms with Crippen molar-refractivity contribution in [2.75, 3.05) is 5.32 Å². The Labute approximate surface area is 176 Å². The molecule has 3 aromatic rings. The second-order valence-corrected chi connectivity index (χ2v) is 7.11. The second-order valence-electron chi connectivity index (χ2n) is 6.26. The van der Waals surface area contributed by atoms with Gasteiger partial charge in [-0.15, -0.1) is 0 Å². The summed E-state index contributed by atoms with van der Waals surface area (Å²) >= 11 is 3.22. The third-order valence-corrected chi connectivity index (χ3v) is 4.78. The van der Waals surface area contributed by atoms with Gasteiger partial charge in [-0.2, -0.15) is 5.10 Å². The number of anilines is 1. The van der Waals surface area contributed by atoms with Gasteiger partial charge in [0.15, 0.2) is 0 Å². The highest BCUT2D eigenvalue weighted by atomic mass is 79.9. The first-order valence-corrected chi connectivity index (χ1v) is 9.52. The maximum atomic E-state index is 12.3. The number of hydrogen-bond acceptors (Lipinski definition) is 4. The number of carbonyl (C=O) groups excluding carboxylic acids is 2. The Morgan fingerprint density at radius 3 is 2.41 bits per heavy atom. The smallest absolute Gasteiger partial charge is 0.271 e. The fourth-order valence-electron chi connectivity index (χ4n) is 2.56. The van der Waals surface area contributed by atoms with E-state index in [9.17, 15) is 14.7 Å². The highest BCUT2D eigenvalue weighted by Crippen LogP contribution is 2.23. The van der Waals surface area contributed by atoms with Gasteiger partial charge in [-0.25, -0.2) is 5.43 Å². The first-order chi connectivity index (χ1) is 13.9. The molecule has 6 nitrogen and oxygen atoms in total. The molecule has 0 aliphatic heterocycles. The van der Waals surface area contributed by atoms with Crippen LogP contribution < -0.4 is 10.7 Å². The molecule has 3 rings (SSSR count). The highest BCUT2D eigenvalue weighted by molar-refractivity contribution is 9.10. The molecule has 3 aromatic carbocycles. The number of aromatic hydroxyl groups is 1. The molecule has 3 N–H and O–H groups in total. The van der Waals surface area contributed by atoms with Crippen LogP contribution in [0.1, 0.15) is 31.8 Å². The van der Waals surface area contributed by atoms with E-state index in [-0.39, 0.29) is 17.6 Å². The van der Waals surface area contributed by atoms with Crippen molar-refractivity contribution in [1.82, 2.24) is 5.43 Å². The fraction of sp³-hybridized carbons (Fsp3) is 0.0455. The van der Waals surface area contributed by atoms with Crippen LogP contribution in [-0.2, 0) is 0 Å². The van der Waals surface area contributed by atoms with Crippen LogP contribution in [0.15, 0.2) is 76.3 Å². The van der Waals surface area contributed by atoms with Gasteiger partial charge in [-0.1, -0.05) is 18.2 Å². The highest BCUT2D eigenvalue weighted by Gasteiger charge is 2.09. The van der Waals surface area contributed by atoms with Crippen LogP contribution in [0.2, 0.25) is 0 Å². The number of halogens is 1. The van der Waals surface area contributed by atoms with Gasteiger partial charge in [0.05, 0.1) is 10.7 Å². The average molecular weight is 452 g/mol. The van der Waals surface area contributed by atoms with E-state index in [2.05, 4.69) is 31.8 Å². The van der Waals surface area contributed by atoms with Crippen molar-refractivity contribution < 1.29 is 14.7 Å². The summed E-state index contributed by atoms with van der Waals surface area (Å²) in [5.74, 6) is -0.457. The molecule has 0 fully saturated rings. The van der Waals surface area contributed by atoms with Crippen molar-refractivity contribution in [3.63, 3.8) is 0 Å². The number of benzene rings is 3. The maximum Gasteiger partial charge on any atom is 0.271 e. The predicted molar refractivity (Wildman–Crippen MR) is 116 cm³/mol. The van der Waals surface area contributed by atoms with E-state index in [0.717, 1.165) is 5.56 Å². The summed E-state index contributed by atoms with van der Waals surface area (Å²) in [4.78, 5) is 24.5. The fourth-order valence-corrected chi connectivity index (χ4v) is 2.96. The van der Waals surface area contributed by atoms with Crippen molar-refractivity contribution in [2.24, 2.45) is 5.10 Å². The summed E-state index contributed by atoms with van der Waals surface area (Å²) in [5.41, 5.74) is 5.64. The number of phenolic OH excluding ortho intramolecular Hbond substituents is 1. The van der Waals surface area contributed by atoms with Gasteiger partial charge in [-0.05, 0) is 82.5 Å². The lowest BCUT2D eigenvalue weighted by Gasteiger charge is -2.08. The molecule has 2 amide bonds. The van der Waals surface area contributed by atoms with E-state index in [4.69, 9.17) is 0 Å². The van der Waals surface area contributed by atoms with Crippen LogP contribution in [0.3, 0.4) is 0 Å². The Morgan fingerprint density at radius 2 is 1.72 bits per heavy atom. The lowest BCUT2D eigenvalue weighted by Crippen LogP contribution is -2.18. The Kier molecular flexibility index (Phi) is 6.41. The molecule has 0 unspecified atom stereocenters. The van der Waals surface area contributed by atoms with Gasteiger partial charge < -0.3 is 10.4 Å². The van der Waals surface area contributed by atoms with Gasteiger partial charge in [0.25, 0.3) is 11.8 Å². The summed E-state index contributed by atoms with van der Waals surface area (Å²) in [6, 6.07) is 18.7. The molecule has 0 saturated heterocycles. The summed E-state index contributed by atoms with van der Waals surface area (Å²) < 4.78 is 0.538. The Bertz CT molecular complexity index is 1080. The van der Waals surface area contributed by atoms with Gasteiger partial charge in [0.2, 0.25) is 0 Å². The predicted octanol–water partition coefficient (Wildman–Crippen LogP) is 4.48. The number of carbonyl (C=O) groups is 2. The van der Waals surface area contributed by atoms with Gasteiger partial charge in [-0.3, -0.25) is 9.59 Å². The average Bonchev–Trinajstić information content (AvgIpc) is 2.71. The van der Waals surface area contributed by atoms with E-state index in [1.807, 2.05) is 25.1 Å². The van der Waals surface area contributed by atoms with Crippen molar-refractivity contribution in [3.8, 4) is 5.75 Å². The lowest BCUT2D eigenvalue weighted by molar-refractivity contribution is 0.0954. The van der Waals surface area contributed by atoms with Gasteiger partial charge >= 0.3 is 0 Å². The topological polar surface area (TPSA) is 90.8 Å². The van der Waals surface area contributed by atoms with E-state index in [0.29, 0.717) is 26.9 Å². The van der Waals surface area contributed by atoms with E-state index < -0.39 is 0 Å². The van der Waals surface area contributed by atoms with Crippen LogP contribution in [0.5, 0.6) is 5.75 Å². The summed E-state index contributed by atoms with van der Waals surface area (Å²) in [6.07, 6.45) is 1.47. The molecule has 146 valence electrons. The minimum absolute atomic E-state index is 0.126. The van der Waals surface area contributed by atoms with Crippen molar-refractivity contribution >= 4 is 39.6 Å². The first-order valence-electron chi connectivity index (χ1n) is 8.73. The van der Waals surface area contributed by atoms with Gasteiger partial charge in [0.1, 0.15) is 5.75 Å². The molecule has 0 saturated carbocycles. The second kappa shape index (κ2) is 9.16. The van der Waals surface area contributed by atoms with Crippen LogP contribution in [0, 0.1) is 6.92 Å². The molecule has 0 aliphatic rings. The van der Waals surface area contributed by atoms with Crippen LogP contribution in [-0.4, -0.2) is 23.1 Å². The summed E-state index contributed by atoms with van der Waals surface area (Å²) in [6.45, 7) is 1.87. The zero-order valence-corrected chi connectivity index (χ0v) is 17.1. The zero-order chi connectivity index (χ0) is 20.8. The van der Waals surface area contributed by atoms with Crippen molar-refractivity contribution in [2.45, 2.75) is 6.92 Å². The molecule has 0 aromatic heterocycles. The molecule has 0 radical (unpaired) electrons. The number of hydrazone groups is 1. The third kappa shape index (κ3) is 5.30. The molecule has 29 heavy (non-hydrogen) atoms. The molecular formula is C22H18BrN3O3. The van der Waals surface area contributed by atoms with E-state index >= 15 is 0 Å². The standard InChI is InChI=1S/C22H18BrN3O3/c1-14-4-2-3-5-18(14)22(29)25-17-9-7-16(8-10-17)21(28)26-24-13-15-6-11-20(27)19(23)12-15/h2-13,27H,1H3,(H,25,29)(H,26,28)/b24-13+. The molecule has 7 heteroatoms. The quantitative estimate of drug-likeness (QED) is 0.394. The number of nitrogens with zero attached hydrogens (tertiary/aromatic N) is 1. The SMILES string of the molecule is Cc1ccccc1C(=O)Nc1ccc(C(=O)N/N=C/c2ccc(O)c(Br)c2)cc1. The number of rotatable bonds is 5. The summed E-state index contributed by atoms with van der Waals surface area (Å²) in [5, 5.41) is 16.2. The molecular weight excluding hydrogens is 434 g/mol. The normalized spacial score (nSPS) is 10.7. The zero-order valence-electron chi connectivity index (χ0n) is 15.5. The van der Waals surface area contributed by atoms with Crippen LogP contribution >= 0.6 is 15.9 Å². The number of amides is 2. The largest absolute Gasteiger partial charge is 0.507 e. The Balaban J connectivity index is 1.60. The van der Waals surface area contributed by atoms with Crippen molar-refractivity contribution in [1.29, 1.82) is 0 Å². The lowest BCUT2D eigenvalue weighted by atomic mass is 10.1. The number of hydrogen-bond donors (Lipinski definition) is 3. The molecule has 0 atom stereocenters. The Morgan fingerprint density at radius 1 is 1.00 bits per heavy atom.